The van der Waals surface area contributed by atoms with Crippen LogP contribution in [0.1, 0.15) is 0 Å². The van der Waals surface area contributed by atoms with Crippen molar-refractivity contribution in [3.05, 3.63) is 42.5 Å². The zero-order valence-corrected chi connectivity index (χ0v) is 16.5. The van der Waals surface area contributed by atoms with E-state index in [1.54, 1.807) is 14.2 Å². The van der Waals surface area contributed by atoms with E-state index in [2.05, 4.69) is 28.2 Å². The molecule has 146 valence electrons. The Bertz CT molecular complexity index is 948. The van der Waals surface area contributed by atoms with Crippen LogP contribution in [0, 0.1) is 0 Å². The number of methoxy groups -OCH3 is 2. The van der Waals surface area contributed by atoms with Crippen molar-refractivity contribution in [2.75, 3.05) is 57.7 Å². The molecule has 0 bridgehead atoms. The van der Waals surface area contributed by atoms with Gasteiger partial charge in [-0.1, -0.05) is 12.1 Å². The highest BCUT2D eigenvalue weighted by Crippen LogP contribution is 2.30. The molecule has 0 atom stereocenters. The SMILES string of the molecule is COc1cc(Nc2nc(N3CCN(C)CC3)c3ccccc3n2)cc(OC)c1. The Kier molecular flexibility index (Phi) is 5.16. The number of para-hydroxylation sites is 1. The molecule has 3 aromatic rings. The standard InChI is InChI=1S/C21H25N5O2/c1-25-8-10-26(11-9-25)20-18-6-4-5-7-19(18)23-21(24-20)22-15-12-16(27-2)14-17(13-15)28-3/h4-7,12-14H,8-11H2,1-3H3,(H,22,23,24). The Hall–Kier alpha value is -3.06. The van der Waals surface area contributed by atoms with Crippen LogP contribution < -0.4 is 19.7 Å². The van der Waals surface area contributed by atoms with Gasteiger partial charge in [-0.25, -0.2) is 4.98 Å². The molecule has 0 radical (unpaired) electrons. The topological polar surface area (TPSA) is 62.8 Å². The number of piperazine rings is 1. The molecule has 1 fully saturated rings. The molecule has 0 unspecified atom stereocenters. The first-order valence-corrected chi connectivity index (χ1v) is 9.36. The fourth-order valence-electron chi connectivity index (χ4n) is 3.38. The number of likely N-dealkylation sites (N-methyl/N-ethyl adjacent to an activating group) is 1. The van der Waals surface area contributed by atoms with Crippen molar-refractivity contribution in [1.82, 2.24) is 14.9 Å². The zero-order chi connectivity index (χ0) is 19.5. The van der Waals surface area contributed by atoms with Gasteiger partial charge in [-0.3, -0.25) is 0 Å². The van der Waals surface area contributed by atoms with Crippen LogP contribution in [0.4, 0.5) is 17.5 Å². The summed E-state index contributed by atoms with van der Waals surface area (Å²) in [5, 5.41) is 4.38. The molecular formula is C21H25N5O2. The third kappa shape index (κ3) is 3.80. The molecule has 1 N–H and O–H groups in total. The Labute approximate surface area is 164 Å². The largest absolute Gasteiger partial charge is 0.497 e. The van der Waals surface area contributed by atoms with Crippen LogP contribution in [0.25, 0.3) is 10.9 Å². The summed E-state index contributed by atoms with van der Waals surface area (Å²) in [6.45, 7) is 3.94. The summed E-state index contributed by atoms with van der Waals surface area (Å²) in [5.74, 6) is 2.95. The lowest BCUT2D eigenvalue weighted by Crippen LogP contribution is -2.45. The van der Waals surface area contributed by atoms with E-state index in [9.17, 15) is 0 Å². The minimum Gasteiger partial charge on any atom is -0.497 e. The molecule has 7 heteroatoms. The Morgan fingerprint density at radius 1 is 0.893 bits per heavy atom. The fraction of sp³-hybridized carbons (Fsp3) is 0.333. The maximum absolute atomic E-state index is 5.36. The number of hydrogen-bond acceptors (Lipinski definition) is 7. The van der Waals surface area contributed by atoms with Crippen molar-refractivity contribution < 1.29 is 9.47 Å². The van der Waals surface area contributed by atoms with Gasteiger partial charge in [-0.15, -0.1) is 0 Å². The maximum Gasteiger partial charge on any atom is 0.229 e. The molecule has 28 heavy (non-hydrogen) atoms. The van der Waals surface area contributed by atoms with Crippen molar-refractivity contribution >= 4 is 28.4 Å². The highest BCUT2D eigenvalue weighted by atomic mass is 16.5. The highest BCUT2D eigenvalue weighted by Gasteiger charge is 2.19. The number of aromatic nitrogens is 2. The number of benzene rings is 2. The summed E-state index contributed by atoms with van der Waals surface area (Å²) >= 11 is 0. The van der Waals surface area contributed by atoms with Gasteiger partial charge in [0.15, 0.2) is 0 Å². The number of rotatable bonds is 5. The molecule has 2 heterocycles. The third-order valence-electron chi connectivity index (χ3n) is 4.99. The molecule has 1 aromatic heterocycles. The second-order valence-electron chi connectivity index (χ2n) is 6.90. The summed E-state index contributed by atoms with van der Waals surface area (Å²) in [7, 11) is 5.42. The summed E-state index contributed by atoms with van der Waals surface area (Å²) in [5.41, 5.74) is 1.74. The van der Waals surface area contributed by atoms with Crippen LogP contribution >= 0.6 is 0 Å². The Morgan fingerprint density at radius 3 is 2.25 bits per heavy atom. The van der Waals surface area contributed by atoms with Crippen LogP contribution in [0.3, 0.4) is 0 Å². The number of nitrogens with one attached hydrogen (secondary N) is 1. The van der Waals surface area contributed by atoms with E-state index in [1.165, 1.54) is 0 Å². The second kappa shape index (κ2) is 7.90. The fourth-order valence-corrected chi connectivity index (χ4v) is 3.38. The smallest absolute Gasteiger partial charge is 0.229 e. The minimum atomic E-state index is 0.558. The Morgan fingerprint density at radius 2 is 1.57 bits per heavy atom. The van der Waals surface area contributed by atoms with Crippen LogP contribution in [-0.4, -0.2) is 62.3 Å². The van der Waals surface area contributed by atoms with Crippen molar-refractivity contribution in [3.8, 4) is 11.5 Å². The number of fused-ring (bicyclic) bond motifs is 1. The van der Waals surface area contributed by atoms with E-state index < -0.39 is 0 Å². The van der Waals surface area contributed by atoms with E-state index in [4.69, 9.17) is 19.4 Å². The Balaban J connectivity index is 1.72. The molecular weight excluding hydrogens is 354 g/mol. The van der Waals surface area contributed by atoms with Gasteiger partial charge in [0.1, 0.15) is 17.3 Å². The monoisotopic (exact) mass is 379 g/mol. The lowest BCUT2D eigenvalue weighted by atomic mass is 10.2. The second-order valence-corrected chi connectivity index (χ2v) is 6.90. The van der Waals surface area contributed by atoms with Gasteiger partial charge in [0.05, 0.1) is 19.7 Å². The molecule has 1 saturated heterocycles. The molecule has 7 nitrogen and oxygen atoms in total. The van der Waals surface area contributed by atoms with Gasteiger partial charge < -0.3 is 24.6 Å². The predicted octanol–water partition coefficient (Wildman–Crippen LogP) is 3.14. The lowest BCUT2D eigenvalue weighted by molar-refractivity contribution is 0.312. The summed E-state index contributed by atoms with van der Waals surface area (Å²) in [6, 6.07) is 13.8. The van der Waals surface area contributed by atoms with E-state index in [0.29, 0.717) is 17.4 Å². The molecule has 0 amide bonds. The maximum atomic E-state index is 5.36. The first-order chi connectivity index (χ1) is 13.7. The zero-order valence-electron chi connectivity index (χ0n) is 16.5. The predicted molar refractivity (Wildman–Crippen MR) is 112 cm³/mol. The average Bonchev–Trinajstić information content (AvgIpc) is 2.73. The van der Waals surface area contributed by atoms with E-state index >= 15 is 0 Å². The minimum absolute atomic E-state index is 0.558. The van der Waals surface area contributed by atoms with Crippen molar-refractivity contribution in [1.29, 1.82) is 0 Å². The summed E-state index contributed by atoms with van der Waals surface area (Å²) < 4.78 is 10.7. The van der Waals surface area contributed by atoms with Crippen LogP contribution in [0.5, 0.6) is 11.5 Å². The first-order valence-electron chi connectivity index (χ1n) is 9.36. The quantitative estimate of drug-likeness (QED) is 0.731. The number of ether oxygens (including phenoxy) is 2. The molecule has 1 aliphatic heterocycles. The lowest BCUT2D eigenvalue weighted by Gasteiger charge is -2.33. The van der Waals surface area contributed by atoms with Gasteiger partial charge >= 0.3 is 0 Å². The number of hydrogen-bond donors (Lipinski definition) is 1. The van der Waals surface area contributed by atoms with E-state index in [-0.39, 0.29) is 0 Å². The number of nitrogens with zero attached hydrogens (tertiary/aromatic N) is 4. The molecule has 0 spiro atoms. The van der Waals surface area contributed by atoms with Crippen molar-refractivity contribution in [2.24, 2.45) is 0 Å². The molecule has 0 aliphatic carbocycles. The average molecular weight is 379 g/mol. The first kappa shape index (κ1) is 18.3. The summed E-state index contributed by atoms with van der Waals surface area (Å²) in [4.78, 5) is 14.2. The van der Waals surface area contributed by atoms with E-state index in [1.807, 2.05) is 36.4 Å². The van der Waals surface area contributed by atoms with Crippen LogP contribution in [-0.2, 0) is 0 Å². The van der Waals surface area contributed by atoms with Crippen LogP contribution in [0.15, 0.2) is 42.5 Å². The van der Waals surface area contributed by atoms with Crippen molar-refractivity contribution in [3.63, 3.8) is 0 Å². The van der Waals surface area contributed by atoms with Gasteiger partial charge in [0, 0.05) is 55.5 Å². The van der Waals surface area contributed by atoms with Gasteiger partial charge in [-0.2, -0.15) is 4.98 Å². The van der Waals surface area contributed by atoms with Gasteiger partial charge in [0.2, 0.25) is 5.95 Å². The highest BCUT2D eigenvalue weighted by molar-refractivity contribution is 5.90. The van der Waals surface area contributed by atoms with E-state index in [0.717, 1.165) is 48.6 Å². The normalized spacial score (nSPS) is 14.9. The summed E-state index contributed by atoms with van der Waals surface area (Å²) in [6.07, 6.45) is 0. The molecule has 2 aromatic carbocycles. The third-order valence-corrected chi connectivity index (χ3v) is 4.99. The molecule has 4 rings (SSSR count). The molecule has 1 aliphatic rings. The van der Waals surface area contributed by atoms with Gasteiger partial charge in [-0.05, 0) is 19.2 Å². The molecule has 0 saturated carbocycles. The van der Waals surface area contributed by atoms with Crippen LogP contribution in [0.2, 0.25) is 0 Å². The number of anilines is 3. The van der Waals surface area contributed by atoms with Gasteiger partial charge in [0.25, 0.3) is 0 Å². The van der Waals surface area contributed by atoms with Crippen molar-refractivity contribution in [2.45, 2.75) is 0 Å².